The molecule has 1 aromatic carbocycles. The van der Waals surface area contributed by atoms with Gasteiger partial charge in [-0.15, -0.1) is 0 Å². The predicted octanol–water partition coefficient (Wildman–Crippen LogP) is 2.46. The molecular weight excluding hydrogens is 358 g/mol. The fourth-order valence-electron chi connectivity index (χ4n) is 3.91. The number of imide groups is 1. The highest BCUT2D eigenvalue weighted by atomic mass is 16.3. The number of nitrogens with one attached hydrogen (secondary N) is 1. The highest BCUT2D eigenvalue weighted by Crippen LogP contribution is 2.25. The van der Waals surface area contributed by atoms with E-state index in [0.717, 1.165) is 36.6 Å². The smallest absolute Gasteiger partial charge is 0.261 e. The molecule has 1 N–H and O–H groups in total. The number of fused-ring (bicyclic) bond motifs is 1. The summed E-state index contributed by atoms with van der Waals surface area (Å²) >= 11 is 0. The molecule has 2 aliphatic rings. The topological polar surface area (TPSA) is 82.9 Å². The second-order valence-corrected chi connectivity index (χ2v) is 7.27. The fourth-order valence-corrected chi connectivity index (χ4v) is 3.91. The van der Waals surface area contributed by atoms with E-state index in [2.05, 4.69) is 10.2 Å². The maximum Gasteiger partial charge on any atom is 0.261 e. The normalized spacial score (nSPS) is 18.2. The Morgan fingerprint density at radius 1 is 1.11 bits per heavy atom. The average molecular weight is 381 g/mol. The van der Waals surface area contributed by atoms with Crippen LogP contribution in [0.2, 0.25) is 0 Å². The SMILES string of the molecule is CN1C(=O)c2ccc(C(=O)NCC(c3ccco3)N3CCCCC3)cc2C1=O. The van der Waals surface area contributed by atoms with Crippen LogP contribution in [0, 0.1) is 0 Å². The minimum Gasteiger partial charge on any atom is -0.468 e. The molecule has 1 fully saturated rings. The molecule has 7 nitrogen and oxygen atoms in total. The Balaban J connectivity index is 1.49. The lowest BCUT2D eigenvalue weighted by Gasteiger charge is -2.33. The molecule has 4 rings (SSSR count). The zero-order valence-corrected chi connectivity index (χ0v) is 15.8. The quantitative estimate of drug-likeness (QED) is 0.805. The zero-order chi connectivity index (χ0) is 19.7. The molecule has 1 saturated heterocycles. The number of carbonyl (C=O) groups is 3. The van der Waals surface area contributed by atoms with Crippen LogP contribution in [-0.2, 0) is 0 Å². The molecule has 0 bridgehead atoms. The Hall–Kier alpha value is -2.93. The van der Waals surface area contributed by atoms with Crippen molar-refractivity contribution in [3.63, 3.8) is 0 Å². The largest absolute Gasteiger partial charge is 0.468 e. The van der Waals surface area contributed by atoms with Gasteiger partial charge in [-0.1, -0.05) is 6.42 Å². The van der Waals surface area contributed by atoms with E-state index in [1.54, 1.807) is 18.4 Å². The zero-order valence-electron chi connectivity index (χ0n) is 15.8. The molecule has 1 aromatic heterocycles. The van der Waals surface area contributed by atoms with Gasteiger partial charge in [-0.05, 0) is 56.3 Å². The summed E-state index contributed by atoms with van der Waals surface area (Å²) in [7, 11) is 1.44. The monoisotopic (exact) mass is 381 g/mol. The molecule has 7 heteroatoms. The first-order valence-electron chi connectivity index (χ1n) is 9.58. The molecule has 0 radical (unpaired) electrons. The third-order valence-corrected chi connectivity index (χ3v) is 5.51. The summed E-state index contributed by atoms with van der Waals surface area (Å²) in [5, 5.41) is 2.96. The highest BCUT2D eigenvalue weighted by Gasteiger charge is 2.33. The third kappa shape index (κ3) is 3.33. The van der Waals surface area contributed by atoms with Crippen molar-refractivity contribution in [2.24, 2.45) is 0 Å². The van der Waals surface area contributed by atoms with Crippen molar-refractivity contribution in [2.45, 2.75) is 25.3 Å². The highest BCUT2D eigenvalue weighted by molar-refractivity contribution is 6.21. The molecule has 1 unspecified atom stereocenters. The van der Waals surface area contributed by atoms with Crippen molar-refractivity contribution in [1.82, 2.24) is 15.1 Å². The van der Waals surface area contributed by atoms with Gasteiger partial charge < -0.3 is 9.73 Å². The maximum atomic E-state index is 12.7. The van der Waals surface area contributed by atoms with Gasteiger partial charge in [-0.2, -0.15) is 0 Å². The van der Waals surface area contributed by atoms with Crippen molar-refractivity contribution in [3.8, 4) is 0 Å². The van der Waals surface area contributed by atoms with E-state index in [9.17, 15) is 14.4 Å². The van der Waals surface area contributed by atoms with Gasteiger partial charge >= 0.3 is 0 Å². The Morgan fingerprint density at radius 3 is 2.57 bits per heavy atom. The standard InChI is InChI=1S/C21H23N3O4/c1-23-20(26)15-8-7-14(12-16(15)21(23)27)19(25)22-13-17(18-6-5-11-28-18)24-9-3-2-4-10-24/h5-8,11-12,17H,2-4,9-10,13H2,1H3,(H,22,25). The van der Waals surface area contributed by atoms with E-state index in [0.29, 0.717) is 17.7 Å². The lowest BCUT2D eigenvalue weighted by molar-refractivity contribution is 0.0693. The number of likely N-dealkylation sites (tertiary alicyclic amines) is 1. The van der Waals surface area contributed by atoms with E-state index in [1.165, 1.54) is 19.5 Å². The van der Waals surface area contributed by atoms with Crippen LogP contribution < -0.4 is 5.32 Å². The molecule has 146 valence electrons. The fraction of sp³-hybridized carbons (Fsp3) is 0.381. The molecular formula is C21H23N3O4. The van der Waals surface area contributed by atoms with Crippen LogP contribution in [0.25, 0.3) is 0 Å². The van der Waals surface area contributed by atoms with Crippen LogP contribution in [0.15, 0.2) is 41.0 Å². The van der Waals surface area contributed by atoms with Crippen molar-refractivity contribution < 1.29 is 18.8 Å². The Kier molecular flexibility index (Phi) is 5.00. The van der Waals surface area contributed by atoms with E-state index in [-0.39, 0.29) is 29.3 Å². The molecule has 2 aromatic rings. The number of nitrogens with zero attached hydrogens (tertiary/aromatic N) is 2. The van der Waals surface area contributed by atoms with E-state index in [1.807, 2.05) is 12.1 Å². The molecule has 2 aliphatic heterocycles. The first-order valence-corrected chi connectivity index (χ1v) is 9.58. The molecule has 0 saturated carbocycles. The number of benzene rings is 1. The second-order valence-electron chi connectivity index (χ2n) is 7.27. The first kappa shape index (κ1) is 18.4. The van der Waals surface area contributed by atoms with Crippen LogP contribution in [0.5, 0.6) is 0 Å². The summed E-state index contributed by atoms with van der Waals surface area (Å²) in [6.07, 6.45) is 5.15. The van der Waals surface area contributed by atoms with Crippen molar-refractivity contribution in [2.75, 3.05) is 26.7 Å². The number of hydrogen-bond donors (Lipinski definition) is 1. The summed E-state index contributed by atoms with van der Waals surface area (Å²) in [5.41, 5.74) is 0.983. The number of carbonyl (C=O) groups excluding carboxylic acids is 3. The van der Waals surface area contributed by atoms with Gasteiger partial charge in [-0.25, -0.2) is 0 Å². The molecule has 28 heavy (non-hydrogen) atoms. The summed E-state index contributed by atoms with van der Waals surface area (Å²) in [4.78, 5) is 40.3. The minimum atomic E-state index is -0.378. The van der Waals surface area contributed by atoms with Crippen LogP contribution in [0.3, 0.4) is 0 Å². The number of rotatable bonds is 5. The van der Waals surface area contributed by atoms with Crippen molar-refractivity contribution in [1.29, 1.82) is 0 Å². The van der Waals surface area contributed by atoms with Gasteiger partial charge in [0.25, 0.3) is 17.7 Å². The van der Waals surface area contributed by atoms with Gasteiger partial charge in [0.05, 0.1) is 23.4 Å². The Bertz CT molecular complexity index is 900. The van der Waals surface area contributed by atoms with Gasteiger partial charge in [0.2, 0.25) is 0 Å². The molecule has 1 atom stereocenters. The first-order chi connectivity index (χ1) is 13.6. The van der Waals surface area contributed by atoms with Crippen LogP contribution in [0.1, 0.15) is 62.1 Å². The Labute approximate surface area is 163 Å². The maximum absolute atomic E-state index is 12.7. The minimum absolute atomic E-state index is 0.0250. The summed E-state index contributed by atoms with van der Waals surface area (Å²) in [6.45, 7) is 2.36. The van der Waals surface area contributed by atoms with E-state index >= 15 is 0 Å². The lowest BCUT2D eigenvalue weighted by Crippen LogP contribution is -2.40. The van der Waals surface area contributed by atoms with Gasteiger partial charge in [0.1, 0.15) is 5.76 Å². The van der Waals surface area contributed by atoms with Crippen LogP contribution in [0.4, 0.5) is 0 Å². The van der Waals surface area contributed by atoms with Crippen molar-refractivity contribution >= 4 is 17.7 Å². The molecule has 0 spiro atoms. The molecule has 0 aliphatic carbocycles. The van der Waals surface area contributed by atoms with Gasteiger partial charge in [0, 0.05) is 19.2 Å². The van der Waals surface area contributed by atoms with E-state index < -0.39 is 0 Å². The number of furan rings is 1. The third-order valence-electron chi connectivity index (χ3n) is 5.51. The summed E-state index contributed by atoms with van der Waals surface area (Å²) < 4.78 is 5.60. The number of piperidine rings is 1. The van der Waals surface area contributed by atoms with Gasteiger partial charge in [0.15, 0.2) is 0 Å². The van der Waals surface area contributed by atoms with Gasteiger partial charge in [-0.3, -0.25) is 24.2 Å². The Morgan fingerprint density at radius 2 is 1.86 bits per heavy atom. The lowest BCUT2D eigenvalue weighted by atomic mass is 10.0. The molecule has 3 heterocycles. The average Bonchev–Trinajstić information content (AvgIpc) is 3.33. The number of hydrogen-bond acceptors (Lipinski definition) is 5. The predicted molar refractivity (Wildman–Crippen MR) is 102 cm³/mol. The summed E-state index contributed by atoms with van der Waals surface area (Å²) in [5.74, 6) is -0.156. The van der Waals surface area contributed by atoms with Crippen LogP contribution >= 0.6 is 0 Å². The number of amides is 3. The molecule has 3 amide bonds. The van der Waals surface area contributed by atoms with Crippen LogP contribution in [-0.4, -0.2) is 54.2 Å². The van der Waals surface area contributed by atoms with Crippen molar-refractivity contribution in [3.05, 3.63) is 59.0 Å². The second kappa shape index (κ2) is 7.59. The summed E-state index contributed by atoms with van der Waals surface area (Å²) in [6, 6.07) is 8.39. The van der Waals surface area contributed by atoms with E-state index in [4.69, 9.17) is 4.42 Å².